The maximum atomic E-state index is 13.6. The minimum Gasteiger partial charge on any atom is -0.467 e. The number of hydrogen-bond donors (Lipinski definition) is 0. The average Bonchev–Trinajstić information content (AvgIpc) is 3.08. The minimum atomic E-state index is -3.83. The van der Waals surface area contributed by atoms with Crippen LogP contribution in [0.1, 0.15) is 46.7 Å². The van der Waals surface area contributed by atoms with Gasteiger partial charge in [-0.1, -0.05) is 13.8 Å². The number of nitrogens with zero attached hydrogens (tertiary/aromatic N) is 3. The van der Waals surface area contributed by atoms with Crippen molar-refractivity contribution in [1.82, 2.24) is 14.2 Å². The average molecular weight is 490 g/mol. The zero-order chi connectivity index (χ0) is 24.8. The standard InChI is InChI=1S/C23H27N3O7S/c1-13(2)11-18(23(29)32-4)26-21(27)19-14(3)24-17-6-5-15(12-16(17)20(19)22(26)28)34(30,31)25-7-9-33-10-8-25/h5-6,12-13,18H,7-11H2,1-4H3/t18-/m0/s1. The summed E-state index contributed by atoms with van der Waals surface area (Å²) in [4.78, 5) is 44.8. The number of morpholine rings is 1. The highest BCUT2D eigenvalue weighted by molar-refractivity contribution is 7.89. The van der Waals surface area contributed by atoms with Gasteiger partial charge in [-0.15, -0.1) is 0 Å². The van der Waals surface area contributed by atoms with Gasteiger partial charge in [0.15, 0.2) is 0 Å². The normalized spacial score (nSPS) is 18.0. The second kappa shape index (κ2) is 9.05. The number of carbonyl (C=O) groups is 3. The lowest BCUT2D eigenvalue weighted by atomic mass is 10.0. The first-order chi connectivity index (χ1) is 16.1. The molecular formula is C23H27N3O7S. The van der Waals surface area contributed by atoms with Crippen LogP contribution in [0.2, 0.25) is 0 Å². The topological polar surface area (TPSA) is 123 Å². The van der Waals surface area contributed by atoms with Gasteiger partial charge in [0.1, 0.15) is 6.04 Å². The maximum absolute atomic E-state index is 13.6. The predicted molar refractivity (Wildman–Crippen MR) is 122 cm³/mol. The van der Waals surface area contributed by atoms with Gasteiger partial charge < -0.3 is 9.47 Å². The van der Waals surface area contributed by atoms with E-state index in [9.17, 15) is 22.8 Å². The van der Waals surface area contributed by atoms with Crippen molar-refractivity contribution in [3.63, 3.8) is 0 Å². The summed E-state index contributed by atoms with van der Waals surface area (Å²) in [5.74, 6) is -1.97. The van der Waals surface area contributed by atoms with E-state index in [2.05, 4.69) is 4.98 Å². The van der Waals surface area contributed by atoms with Crippen molar-refractivity contribution >= 4 is 38.7 Å². The molecule has 182 valence electrons. The SMILES string of the molecule is COC(=O)[C@H](CC(C)C)N1C(=O)c2c(C)nc3ccc(S(=O)(=O)N4CCOCC4)cc3c2C1=O. The van der Waals surface area contributed by atoms with E-state index < -0.39 is 33.8 Å². The third-order valence-corrected chi connectivity index (χ3v) is 7.98. The number of methoxy groups -OCH3 is 1. The summed E-state index contributed by atoms with van der Waals surface area (Å²) in [6, 6.07) is 3.27. The molecule has 0 unspecified atom stereocenters. The monoisotopic (exact) mass is 489 g/mol. The van der Waals surface area contributed by atoms with Gasteiger partial charge in [-0.05, 0) is 37.5 Å². The van der Waals surface area contributed by atoms with E-state index in [1.54, 1.807) is 6.92 Å². The lowest BCUT2D eigenvalue weighted by Crippen LogP contribution is -2.46. The molecule has 0 spiro atoms. The van der Waals surface area contributed by atoms with Gasteiger partial charge in [0, 0.05) is 18.5 Å². The summed E-state index contributed by atoms with van der Waals surface area (Å²) in [5, 5.41) is 0.254. The third kappa shape index (κ3) is 3.97. The number of amides is 2. The van der Waals surface area contributed by atoms with Crippen molar-refractivity contribution < 1.29 is 32.3 Å². The Morgan fingerprint density at radius 2 is 1.79 bits per heavy atom. The van der Waals surface area contributed by atoms with E-state index >= 15 is 0 Å². The Morgan fingerprint density at radius 1 is 1.15 bits per heavy atom. The first-order valence-electron chi connectivity index (χ1n) is 11.1. The number of fused-ring (bicyclic) bond motifs is 3. The van der Waals surface area contributed by atoms with Crippen LogP contribution < -0.4 is 0 Å². The molecule has 0 saturated carbocycles. The Kier molecular flexibility index (Phi) is 6.45. The molecule has 1 fully saturated rings. The number of ether oxygens (including phenoxy) is 2. The Bertz CT molecular complexity index is 1280. The number of carbonyl (C=O) groups excluding carboxylic acids is 3. The number of rotatable bonds is 6. The van der Waals surface area contributed by atoms with E-state index in [1.807, 2.05) is 13.8 Å². The van der Waals surface area contributed by atoms with Gasteiger partial charge in [0.2, 0.25) is 10.0 Å². The Hall–Kier alpha value is -2.89. The molecular weight excluding hydrogens is 462 g/mol. The maximum Gasteiger partial charge on any atom is 0.329 e. The zero-order valence-corrected chi connectivity index (χ0v) is 20.3. The molecule has 3 heterocycles. The van der Waals surface area contributed by atoms with Crippen LogP contribution in [-0.2, 0) is 24.3 Å². The molecule has 4 rings (SSSR count). The number of sulfonamides is 1. The summed E-state index contributed by atoms with van der Waals surface area (Å²) in [5.41, 5.74) is 0.860. The molecule has 34 heavy (non-hydrogen) atoms. The first-order valence-corrected chi connectivity index (χ1v) is 12.5. The zero-order valence-electron chi connectivity index (χ0n) is 19.5. The molecule has 2 aliphatic heterocycles. The summed E-state index contributed by atoms with van der Waals surface area (Å²) in [7, 11) is -2.63. The molecule has 1 aromatic heterocycles. The second-order valence-corrected chi connectivity index (χ2v) is 10.7. The summed E-state index contributed by atoms with van der Waals surface area (Å²) in [6.07, 6.45) is 0.235. The lowest BCUT2D eigenvalue weighted by Gasteiger charge is -2.26. The van der Waals surface area contributed by atoms with Gasteiger partial charge in [0.05, 0.1) is 47.6 Å². The molecule has 0 aliphatic carbocycles. The number of aromatic nitrogens is 1. The Labute approximate surface area is 197 Å². The fourth-order valence-corrected chi connectivity index (χ4v) is 5.89. The molecule has 10 nitrogen and oxygen atoms in total. The smallest absolute Gasteiger partial charge is 0.329 e. The first kappa shape index (κ1) is 24.2. The van der Waals surface area contributed by atoms with E-state index in [0.29, 0.717) is 24.4 Å². The number of hydrogen-bond acceptors (Lipinski definition) is 8. The molecule has 2 aromatic rings. The lowest BCUT2D eigenvalue weighted by molar-refractivity contribution is -0.145. The summed E-state index contributed by atoms with van der Waals surface area (Å²) >= 11 is 0. The van der Waals surface area contributed by atoms with Gasteiger partial charge in [-0.3, -0.25) is 19.5 Å². The molecule has 2 aliphatic rings. The van der Waals surface area contributed by atoms with Crippen molar-refractivity contribution in [3.8, 4) is 0 Å². The number of imide groups is 1. The van der Waals surface area contributed by atoms with Crippen LogP contribution in [0, 0.1) is 12.8 Å². The van der Waals surface area contributed by atoms with E-state index in [4.69, 9.17) is 9.47 Å². The Balaban J connectivity index is 1.86. The van der Waals surface area contributed by atoms with Crippen LogP contribution in [0.4, 0.5) is 0 Å². The number of benzene rings is 1. The van der Waals surface area contributed by atoms with Crippen LogP contribution in [0.15, 0.2) is 23.1 Å². The summed E-state index contributed by atoms with van der Waals surface area (Å²) < 4.78 is 37.8. The molecule has 1 aromatic carbocycles. The molecule has 0 N–H and O–H groups in total. The molecule has 11 heteroatoms. The highest BCUT2D eigenvalue weighted by Gasteiger charge is 2.46. The Morgan fingerprint density at radius 3 is 2.41 bits per heavy atom. The number of pyridine rings is 1. The molecule has 2 amide bonds. The van der Waals surface area contributed by atoms with Gasteiger partial charge >= 0.3 is 5.97 Å². The molecule has 0 bridgehead atoms. The molecule has 0 radical (unpaired) electrons. The third-order valence-electron chi connectivity index (χ3n) is 6.09. The number of esters is 1. The van der Waals surface area contributed by atoms with Crippen LogP contribution in [0.5, 0.6) is 0 Å². The fourth-order valence-electron chi connectivity index (χ4n) is 4.45. The van der Waals surface area contributed by atoms with Gasteiger partial charge in [-0.25, -0.2) is 13.2 Å². The van der Waals surface area contributed by atoms with E-state index in [-0.39, 0.29) is 46.8 Å². The van der Waals surface area contributed by atoms with Crippen molar-refractivity contribution in [2.75, 3.05) is 33.4 Å². The fraction of sp³-hybridized carbons (Fsp3) is 0.478. The van der Waals surface area contributed by atoms with Crippen LogP contribution in [-0.4, -0.2) is 79.8 Å². The molecule has 1 atom stereocenters. The van der Waals surface area contributed by atoms with Gasteiger partial charge in [0.25, 0.3) is 11.8 Å². The van der Waals surface area contributed by atoms with Gasteiger partial charge in [-0.2, -0.15) is 4.31 Å². The van der Waals surface area contributed by atoms with Crippen LogP contribution in [0.3, 0.4) is 0 Å². The van der Waals surface area contributed by atoms with Crippen molar-refractivity contribution in [2.24, 2.45) is 5.92 Å². The highest BCUT2D eigenvalue weighted by Crippen LogP contribution is 2.35. The van der Waals surface area contributed by atoms with E-state index in [0.717, 1.165) is 4.90 Å². The quantitative estimate of drug-likeness (QED) is 0.444. The summed E-state index contributed by atoms with van der Waals surface area (Å²) in [6.45, 7) is 6.42. The largest absolute Gasteiger partial charge is 0.467 e. The van der Waals surface area contributed by atoms with Crippen molar-refractivity contribution in [2.45, 2.75) is 38.1 Å². The van der Waals surface area contributed by atoms with Crippen LogP contribution >= 0.6 is 0 Å². The predicted octanol–water partition coefficient (Wildman–Crippen LogP) is 1.75. The minimum absolute atomic E-state index is 0.000139. The second-order valence-electron chi connectivity index (χ2n) is 8.79. The van der Waals surface area contributed by atoms with Crippen molar-refractivity contribution in [3.05, 3.63) is 35.0 Å². The van der Waals surface area contributed by atoms with E-state index in [1.165, 1.54) is 29.6 Å². The molecule has 1 saturated heterocycles. The highest BCUT2D eigenvalue weighted by atomic mass is 32.2. The number of aryl methyl sites for hydroxylation is 1. The van der Waals surface area contributed by atoms with Crippen LogP contribution in [0.25, 0.3) is 10.9 Å². The van der Waals surface area contributed by atoms with Crippen molar-refractivity contribution in [1.29, 1.82) is 0 Å².